The summed E-state index contributed by atoms with van der Waals surface area (Å²) in [6, 6.07) is 2.91. The molecule has 0 aliphatic heterocycles. The van der Waals surface area contributed by atoms with Gasteiger partial charge in [0.05, 0.1) is 5.02 Å². The first-order valence-corrected chi connectivity index (χ1v) is 4.60. The van der Waals surface area contributed by atoms with E-state index in [0.29, 0.717) is 10.9 Å². The average molecular weight is 202 g/mol. The summed E-state index contributed by atoms with van der Waals surface area (Å²) >= 11 is 5.72. The van der Waals surface area contributed by atoms with Crippen LogP contribution in [0.3, 0.4) is 0 Å². The maximum atomic E-state index is 11.0. The molecule has 0 atom stereocenters. The van der Waals surface area contributed by atoms with Gasteiger partial charge in [-0.15, -0.1) is 0 Å². The molecular formula is C9H12ClNO2. The van der Waals surface area contributed by atoms with Crippen molar-refractivity contribution in [1.29, 1.82) is 0 Å². The van der Waals surface area contributed by atoms with E-state index in [0.717, 1.165) is 13.1 Å². The van der Waals surface area contributed by atoms with Crippen LogP contribution in [0, 0.1) is 0 Å². The van der Waals surface area contributed by atoms with Crippen LogP contribution in [0.5, 0.6) is 0 Å². The van der Waals surface area contributed by atoms with E-state index in [-0.39, 0.29) is 0 Å². The standard InChI is InChI=1S/C9H12ClNO2/c1-3-11(4-2)8-5-7(10)6-9(12)13-8/h5-6H,3-4H2,1-2H3. The molecule has 0 fully saturated rings. The van der Waals surface area contributed by atoms with E-state index in [2.05, 4.69) is 0 Å². The maximum Gasteiger partial charge on any atom is 0.338 e. The predicted molar refractivity (Wildman–Crippen MR) is 53.5 cm³/mol. The highest BCUT2D eigenvalue weighted by atomic mass is 35.5. The van der Waals surface area contributed by atoms with Crippen molar-refractivity contribution < 1.29 is 4.42 Å². The van der Waals surface area contributed by atoms with Crippen LogP contribution in [0.4, 0.5) is 5.88 Å². The van der Waals surface area contributed by atoms with Crippen molar-refractivity contribution in [1.82, 2.24) is 0 Å². The lowest BCUT2D eigenvalue weighted by Crippen LogP contribution is -2.22. The van der Waals surface area contributed by atoms with E-state index in [1.165, 1.54) is 6.07 Å². The zero-order chi connectivity index (χ0) is 9.84. The van der Waals surface area contributed by atoms with E-state index in [1.807, 2.05) is 18.7 Å². The van der Waals surface area contributed by atoms with E-state index in [9.17, 15) is 4.79 Å². The van der Waals surface area contributed by atoms with Gasteiger partial charge in [0.25, 0.3) is 0 Å². The summed E-state index contributed by atoms with van der Waals surface area (Å²) in [5, 5.41) is 0.415. The van der Waals surface area contributed by atoms with Crippen molar-refractivity contribution in [2.45, 2.75) is 13.8 Å². The Bertz CT molecular complexity index is 331. The van der Waals surface area contributed by atoms with Gasteiger partial charge in [-0.2, -0.15) is 0 Å². The zero-order valence-electron chi connectivity index (χ0n) is 7.71. The molecule has 1 heterocycles. The van der Waals surface area contributed by atoms with Crippen molar-refractivity contribution in [2.75, 3.05) is 18.0 Å². The molecule has 1 aromatic rings. The molecule has 0 aliphatic carbocycles. The van der Waals surface area contributed by atoms with Crippen molar-refractivity contribution in [2.24, 2.45) is 0 Å². The zero-order valence-corrected chi connectivity index (χ0v) is 8.47. The molecule has 3 nitrogen and oxygen atoms in total. The van der Waals surface area contributed by atoms with Gasteiger partial charge in [0.15, 0.2) is 0 Å². The second-order valence-corrected chi connectivity index (χ2v) is 3.04. The topological polar surface area (TPSA) is 33.5 Å². The van der Waals surface area contributed by atoms with E-state index in [1.54, 1.807) is 6.07 Å². The molecule has 0 aliphatic rings. The molecule has 13 heavy (non-hydrogen) atoms. The van der Waals surface area contributed by atoms with Gasteiger partial charge >= 0.3 is 5.63 Å². The van der Waals surface area contributed by atoms with E-state index < -0.39 is 5.63 Å². The number of hydrogen-bond donors (Lipinski definition) is 0. The van der Waals surface area contributed by atoms with Crippen LogP contribution in [-0.2, 0) is 0 Å². The maximum absolute atomic E-state index is 11.0. The van der Waals surface area contributed by atoms with Crippen LogP contribution < -0.4 is 10.5 Å². The fourth-order valence-corrected chi connectivity index (χ4v) is 1.31. The minimum atomic E-state index is -0.408. The lowest BCUT2D eigenvalue weighted by atomic mass is 10.4. The Hall–Kier alpha value is -0.960. The van der Waals surface area contributed by atoms with Gasteiger partial charge in [0, 0.05) is 25.2 Å². The van der Waals surface area contributed by atoms with Gasteiger partial charge in [0.2, 0.25) is 5.88 Å². The summed E-state index contributed by atoms with van der Waals surface area (Å²) in [5.74, 6) is 0.530. The van der Waals surface area contributed by atoms with Gasteiger partial charge in [-0.25, -0.2) is 4.79 Å². The van der Waals surface area contributed by atoms with E-state index >= 15 is 0 Å². The Labute approximate surface area is 81.9 Å². The molecular weight excluding hydrogens is 190 g/mol. The molecule has 4 heteroatoms. The molecule has 0 amide bonds. The monoisotopic (exact) mass is 201 g/mol. The van der Waals surface area contributed by atoms with Crippen molar-refractivity contribution in [3.63, 3.8) is 0 Å². The van der Waals surface area contributed by atoms with Gasteiger partial charge in [-0.05, 0) is 13.8 Å². The quantitative estimate of drug-likeness (QED) is 0.752. The van der Waals surface area contributed by atoms with Crippen LogP contribution in [0.2, 0.25) is 5.02 Å². The molecule has 1 rings (SSSR count). The first-order chi connectivity index (χ1) is 6.17. The van der Waals surface area contributed by atoms with Crippen LogP contribution in [0.25, 0.3) is 0 Å². The Morgan fingerprint density at radius 3 is 2.46 bits per heavy atom. The summed E-state index contributed by atoms with van der Waals surface area (Å²) in [7, 11) is 0. The van der Waals surface area contributed by atoms with Crippen LogP contribution in [0.15, 0.2) is 21.3 Å². The summed E-state index contributed by atoms with van der Waals surface area (Å²) in [5.41, 5.74) is -0.408. The molecule has 0 aromatic carbocycles. The van der Waals surface area contributed by atoms with Crippen molar-refractivity contribution >= 4 is 17.5 Å². The lowest BCUT2D eigenvalue weighted by Gasteiger charge is -2.18. The Balaban J connectivity index is 3.06. The predicted octanol–water partition coefficient (Wildman–Crippen LogP) is 2.14. The van der Waals surface area contributed by atoms with Crippen molar-refractivity contribution in [3.05, 3.63) is 27.6 Å². The fraction of sp³-hybridized carbons (Fsp3) is 0.444. The van der Waals surface area contributed by atoms with Gasteiger partial charge < -0.3 is 9.32 Å². The first kappa shape index (κ1) is 10.1. The van der Waals surface area contributed by atoms with Crippen LogP contribution in [-0.4, -0.2) is 13.1 Å². The molecule has 72 valence electrons. The van der Waals surface area contributed by atoms with Gasteiger partial charge in [-0.3, -0.25) is 0 Å². The largest absolute Gasteiger partial charge is 0.406 e. The Morgan fingerprint density at radius 1 is 1.38 bits per heavy atom. The molecule has 0 saturated heterocycles. The highest BCUT2D eigenvalue weighted by Crippen LogP contribution is 2.16. The highest BCUT2D eigenvalue weighted by molar-refractivity contribution is 6.30. The summed E-state index contributed by atoms with van der Waals surface area (Å²) in [4.78, 5) is 12.9. The summed E-state index contributed by atoms with van der Waals surface area (Å²) in [6.45, 7) is 5.56. The second kappa shape index (κ2) is 4.33. The van der Waals surface area contributed by atoms with Crippen LogP contribution in [0.1, 0.15) is 13.8 Å². The van der Waals surface area contributed by atoms with Gasteiger partial charge in [-0.1, -0.05) is 11.6 Å². The van der Waals surface area contributed by atoms with Crippen molar-refractivity contribution in [3.8, 4) is 0 Å². The normalized spacial score (nSPS) is 10.1. The number of halogens is 1. The molecule has 0 unspecified atom stereocenters. The van der Waals surface area contributed by atoms with Gasteiger partial charge in [0.1, 0.15) is 0 Å². The molecule has 0 radical (unpaired) electrons. The summed E-state index contributed by atoms with van der Waals surface area (Å²) < 4.78 is 4.99. The molecule has 0 spiro atoms. The molecule has 0 saturated carbocycles. The van der Waals surface area contributed by atoms with Crippen LogP contribution >= 0.6 is 11.6 Å². The number of anilines is 1. The number of nitrogens with zero attached hydrogens (tertiary/aromatic N) is 1. The third kappa shape index (κ3) is 2.49. The summed E-state index contributed by atoms with van der Waals surface area (Å²) in [6.07, 6.45) is 0. The lowest BCUT2D eigenvalue weighted by molar-refractivity contribution is 0.500. The average Bonchev–Trinajstić information content (AvgIpc) is 2.04. The third-order valence-electron chi connectivity index (χ3n) is 1.80. The minimum absolute atomic E-state index is 0.408. The molecule has 0 N–H and O–H groups in total. The third-order valence-corrected chi connectivity index (χ3v) is 2.02. The first-order valence-electron chi connectivity index (χ1n) is 4.23. The Morgan fingerprint density at radius 2 is 2.00 bits per heavy atom. The number of rotatable bonds is 3. The SMILES string of the molecule is CCN(CC)c1cc(Cl)cc(=O)o1. The molecule has 0 bridgehead atoms. The minimum Gasteiger partial charge on any atom is -0.406 e. The smallest absolute Gasteiger partial charge is 0.338 e. The second-order valence-electron chi connectivity index (χ2n) is 2.61. The number of hydrogen-bond acceptors (Lipinski definition) is 3. The van der Waals surface area contributed by atoms with E-state index in [4.69, 9.17) is 16.0 Å². The molecule has 1 aromatic heterocycles. The highest BCUT2D eigenvalue weighted by Gasteiger charge is 2.05. The fourth-order valence-electron chi connectivity index (χ4n) is 1.13. The Kier molecular flexibility index (Phi) is 3.37.